The number of nitrogens with one attached hydrogen (secondary N) is 1. The summed E-state index contributed by atoms with van der Waals surface area (Å²) in [5, 5.41) is 12.4. The van der Waals surface area contributed by atoms with Crippen molar-refractivity contribution in [2.75, 3.05) is 11.9 Å². The number of aliphatic imine (C=N–C) groups is 1. The van der Waals surface area contributed by atoms with E-state index >= 15 is 0 Å². The van der Waals surface area contributed by atoms with Crippen molar-refractivity contribution in [2.24, 2.45) is 10.7 Å². The number of anilines is 1. The number of rotatable bonds is 4. The van der Waals surface area contributed by atoms with E-state index in [2.05, 4.69) is 15.0 Å². The molecule has 0 unspecified atom stereocenters. The molecule has 0 aromatic heterocycles. The number of para-hydroxylation sites is 2. The van der Waals surface area contributed by atoms with E-state index in [1.807, 2.05) is 0 Å². The summed E-state index contributed by atoms with van der Waals surface area (Å²) >= 11 is 0. The van der Waals surface area contributed by atoms with E-state index in [0.29, 0.717) is 12.8 Å². The summed E-state index contributed by atoms with van der Waals surface area (Å²) in [5.41, 5.74) is 4.83. The molecule has 124 valence electrons. The first-order chi connectivity index (χ1) is 9.77. The topological polar surface area (TPSA) is 79.9 Å². The van der Waals surface area contributed by atoms with E-state index in [-0.39, 0.29) is 42.2 Å². The standard InChI is InChI=1S/C13H16F3N3O2.HI/c14-13(15,16)21-10-5-2-1-4-9(10)19-11(17)18-8-12(20)6-3-7-12;/h1-2,4-5,20H,3,6-8H2,(H3,17,18,19);1H. The predicted molar refractivity (Wildman–Crippen MR) is 87.5 cm³/mol. The van der Waals surface area contributed by atoms with Crippen LogP contribution < -0.4 is 15.8 Å². The molecule has 1 fully saturated rings. The Bertz CT molecular complexity index is 534. The number of nitrogens with two attached hydrogens (primary N) is 1. The van der Waals surface area contributed by atoms with Crippen LogP contribution in [0.3, 0.4) is 0 Å². The van der Waals surface area contributed by atoms with Gasteiger partial charge in [-0.2, -0.15) is 0 Å². The second-order valence-electron chi connectivity index (χ2n) is 4.95. The van der Waals surface area contributed by atoms with Crippen LogP contribution in [-0.4, -0.2) is 29.6 Å². The van der Waals surface area contributed by atoms with Crippen molar-refractivity contribution in [2.45, 2.75) is 31.2 Å². The minimum Gasteiger partial charge on any atom is -0.404 e. The molecule has 1 aromatic rings. The Morgan fingerprint density at radius 3 is 2.55 bits per heavy atom. The number of hydrogen-bond acceptors (Lipinski definition) is 3. The summed E-state index contributed by atoms with van der Waals surface area (Å²) in [7, 11) is 0. The largest absolute Gasteiger partial charge is 0.573 e. The van der Waals surface area contributed by atoms with Gasteiger partial charge < -0.3 is 20.9 Å². The number of guanidine groups is 1. The molecule has 1 aromatic carbocycles. The zero-order chi connectivity index (χ0) is 15.5. The van der Waals surface area contributed by atoms with E-state index < -0.39 is 17.7 Å². The van der Waals surface area contributed by atoms with Crippen molar-refractivity contribution in [3.63, 3.8) is 0 Å². The molecule has 0 saturated heterocycles. The molecule has 0 bridgehead atoms. The van der Waals surface area contributed by atoms with Crippen LogP contribution in [0, 0.1) is 0 Å². The monoisotopic (exact) mass is 431 g/mol. The fourth-order valence-corrected chi connectivity index (χ4v) is 1.94. The number of halogens is 4. The summed E-state index contributed by atoms with van der Waals surface area (Å²) in [6, 6.07) is 5.51. The van der Waals surface area contributed by atoms with Crippen LogP contribution in [0.1, 0.15) is 19.3 Å². The maximum absolute atomic E-state index is 12.3. The van der Waals surface area contributed by atoms with Gasteiger partial charge in [-0.3, -0.25) is 4.99 Å². The zero-order valence-electron chi connectivity index (χ0n) is 11.6. The van der Waals surface area contributed by atoms with Crippen molar-refractivity contribution in [1.29, 1.82) is 0 Å². The highest BCUT2D eigenvalue weighted by molar-refractivity contribution is 14.0. The second-order valence-corrected chi connectivity index (χ2v) is 4.95. The van der Waals surface area contributed by atoms with Gasteiger partial charge in [0, 0.05) is 0 Å². The van der Waals surface area contributed by atoms with E-state index in [9.17, 15) is 18.3 Å². The zero-order valence-corrected chi connectivity index (χ0v) is 13.9. The molecule has 0 aliphatic heterocycles. The van der Waals surface area contributed by atoms with Gasteiger partial charge in [-0.05, 0) is 31.4 Å². The molecule has 0 atom stereocenters. The molecular weight excluding hydrogens is 414 g/mol. The smallest absolute Gasteiger partial charge is 0.404 e. The van der Waals surface area contributed by atoms with Gasteiger partial charge in [0.15, 0.2) is 11.7 Å². The first-order valence-corrected chi connectivity index (χ1v) is 6.42. The van der Waals surface area contributed by atoms with Gasteiger partial charge in [0.25, 0.3) is 0 Å². The van der Waals surface area contributed by atoms with E-state index in [1.54, 1.807) is 0 Å². The number of aliphatic hydroxyl groups is 1. The second kappa shape index (κ2) is 7.36. The lowest BCUT2D eigenvalue weighted by atomic mass is 9.80. The van der Waals surface area contributed by atoms with Crippen LogP contribution in [0.25, 0.3) is 0 Å². The van der Waals surface area contributed by atoms with Crippen molar-refractivity contribution in [3.8, 4) is 5.75 Å². The molecular formula is C13H17F3IN3O2. The first kappa shape index (κ1) is 18.8. The summed E-state index contributed by atoms with van der Waals surface area (Å²) in [4.78, 5) is 3.95. The minimum absolute atomic E-state index is 0. The summed E-state index contributed by atoms with van der Waals surface area (Å²) in [5.74, 6) is -0.473. The lowest BCUT2D eigenvalue weighted by Gasteiger charge is -2.35. The minimum atomic E-state index is -4.79. The van der Waals surface area contributed by atoms with Gasteiger partial charge in [0.2, 0.25) is 0 Å². The molecule has 0 heterocycles. The fraction of sp³-hybridized carbons (Fsp3) is 0.462. The van der Waals surface area contributed by atoms with Gasteiger partial charge in [-0.25, -0.2) is 0 Å². The van der Waals surface area contributed by atoms with Gasteiger partial charge in [-0.15, -0.1) is 37.1 Å². The van der Waals surface area contributed by atoms with E-state index in [0.717, 1.165) is 6.42 Å². The Morgan fingerprint density at radius 1 is 1.36 bits per heavy atom. The average Bonchev–Trinajstić information content (AvgIpc) is 2.35. The number of benzene rings is 1. The fourth-order valence-electron chi connectivity index (χ4n) is 1.94. The van der Waals surface area contributed by atoms with Gasteiger partial charge in [0.05, 0.1) is 17.8 Å². The maximum Gasteiger partial charge on any atom is 0.573 e. The van der Waals surface area contributed by atoms with Crippen LogP contribution >= 0.6 is 24.0 Å². The number of hydrogen-bond donors (Lipinski definition) is 3. The highest BCUT2D eigenvalue weighted by atomic mass is 127. The molecule has 0 spiro atoms. The van der Waals surface area contributed by atoms with E-state index in [4.69, 9.17) is 5.73 Å². The first-order valence-electron chi connectivity index (χ1n) is 6.42. The van der Waals surface area contributed by atoms with Crippen molar-refractivity contribution >= 4 is 35.6 Å². The molecule has 22 heavy (non-hydrogen) atoms. The van der Waals surface area contributed by atoms with Crippen molar-refractivity contribution < 1.29 is 23.0 Å². The third-order valence-corrected chi connectivity index (χ3v) is 3.20. The molecule has 1 saturated carbocycles. The number of alkyl halides is 3. The predicted octanol–water partition coefficient (Wildman–Crippen LogP) is 2.84. The SMILES string of the molecule is I.NC(=NCC1(O)CCC1)Nc1ccccc1OC(F)(F)F. The maximum atomic E-state index is 12.3. The normalized spacial score (nSPS) is 17.2. The Balaban J connectivity index is 0.00000242. The molecule has 9 heteroatoms. The summed E-state index contributed by atoms with van der Waals surface area (Å²) in [6.45, 7) is 0.119. The van der Waals surface area contributed by atoms with Crippen LogP contribution in [-0.2, 0) is 0 Å². The van der Waals surface area contributed by atoms with Gasteiger partial charge >= 0.3 is 6.36 Å². The molecule has 1 aliphatic rings. The van der Waals surface area contributed by atoms with Crippen LogP contribution in [0.15, 0.2) is 29.3 Å². The Kier molecular flexibility index (Phi) is 6.29. The number of ether oxygens (including phenoxy) is 1. The average molecular weight is 431 g/mol. The van der Waals surface area contributed by atoms with Gasteiger partial charge in [-0.1, -0.05) is 12.1 Å². The third kappa shape index (κ3) is 5.52. The van der Waals surface area contributed by atoms with Gasteiger partial charge in [0.1, 0.15) is 0 Å². The summed E-state index contributed by atoms with van der Waals surface area (Å²) in [6.07, 6.45) is -2.55. The van der Waals surface area contributed by atoms with E-state index in [1.165, 1.54) is 24.3 Å². The lowest BCUT2D eigenvalue weighted by molar-refractivity contribution is -0.274. The molecule has 0 radical (unpaired) electrons. The summed E-state index contributed by atoms with van der Waals surface area (Å²) < 4.78 is 40.7. The number of nitrogens with zero attached hydrogens (tertiary/aromatic N) is 1. The molecule has 4 N–H and O–H groups in total. The lowest BCUT2D eigenvalue weighted by Crippen LogP contribution is -2.41. The molecule has 2 rings (SSSR count). The van der Waals surface area contributed by atoms with Crippen LogP contribution in [0.4, 0.5) is 18.9 Å². The molecule has 5 nitrogen and oxygen atoms in total. The Labute approximate surface area is 142 Å². The van der Waals surface area contributed by atoms with Crippen LogP contribution in [0.2, 0.25) is 0 Å². The highest BCUT2D eigenvalue weighted by Crippen LogP contribution is 2.32. The molecule has 0 amide bonds. The van der Waals surface area contributed by atoms with Crippen molar-refractivity contribution in [1.82, 2.24) is 0 Å². The van der Waals surface area contributed by atoms with Crippen molar-refractivity contribution in [3.05, 3.63) is 24.3 Å². The Morgan fingerprint density at radius 2 is 2.00 bits per heavy atom. The van der Waals surface area contributed by atoms with Crippen LogP contribution in [0.5, 0.6) is 5.75 Å². The highest BCUT2D eigenvalue weighted by Gasteiger charge is 2.34. The quantitative estimate of drug-likeness (QED) is 0.389. The molecule has 1 aliphatic carbocycles. The Hall–Kier alpha value is -1.23. The third-order valence-electron chi connectivity index (χ3n) is 3.20.